The van der Waals surface area contributed by atoms with Gasteiger partial charge < -0.3 is 0 Å². The molecule has 2 saturated carbocycles. The first-order chi connectivity index (χ1) is 4.21. The van der Waals surface area contributed by atoms with Gasteiger partial charge in [0.15, 0.2) is 0 Å². The highest BCUT2D eigenvalue weighted by atomic mass is 35.5. The van der Waals surface area contributed by atoms with E-state index in [4.69, 9.17) is 11.6 Å². The molecular weight excluding hydrogens is 132 g/mol. The number of hydrogen-bond donors (Lipinski definition) is 0. The van der Waals surface area contributed by atoms with Crippen LogP contribution in [-0.2, 0) is 0 Å². The first kappa shape index (κ1) is 6.03. The van der Waals surface area contributed by atoms with Crippen LogP contribution >= 0.6 is 11.6 Å². The van der Waals surface area contributed by atoms with E-state index in [1.54, 1.807) is 0 Å². The van der Waals surface area contributed by atoms with Gasteiger partial charge in [0.2, 0.25) is 0 Å². The van der Waals surface area contributed by atoms with Gasteiger partial charge in [-0.05, 0) is 37.0 Å². The van der Waals surface area contributed by atoms with Crippen LogP contribution in [0.1, 0.15) is 32.6 Å². The Hall–Kier alpha value is 0.290. The Labute approximate surface area is 61.6 Å². The van der Waals surface area contributed by atoms with Gasteiger partial charge in [0.25, 0.3) is 0 Å². The second kappa shape index (κ2) is 1.66. The Balaban J connectivity index is 2.22. The minimum absolute atomic E-state index is 0.497. The summed E-state index contributed by atoms with van der Waals surface area (Å²) in [5.74, 6) is 0.984. The van der Waals surface area contributed by atoms with Crippen molar-refractivity contribution in [2.24, 2.45) is 11.3 Å². The molecule has 2 rings (SSSR count). The van der Waals surface area contributed by atoms with Crippen molar-refractivity contribution in [1.82, 2.24) is 0 Å². The van der Waals surface area contributed by atoms with E-state index in [2.05, 4.69) is 6.92 Å². The van der Waals surface area contributed by atoms with E-state index in [1.807, 2.05) is 0 Å². The fourth-order valence-electron chi connectivity index (χ4n) is 2.46. The summed E-state index contributed by atoms with van der Waals surface area (Å²) in [6.45, 7) is 2.34. The molecule has 0 aromatic heterocycles. The molecule has 0 nitrogen and oxygen atoms in total. The molecule has 0 amide bonds. The van der Waals surface area contributed by atoms with Crippen LogP contribution in [0.25, 0.3) is 0 Å². The molecular formula is C8H13Cl. The first-order valence-corrected chi connectivity index (χ1v) is 4.28. The van der Waals surface area contributed by atoms with E-state index in [0.717, 1.165) is 5.92 Å². The Morgan fingerprint density at radius 1 is 1.56 bits per heavy atom. The third kappa shape index (κ3) is 0.724. The average molecular weight is 145 g/mol. The van der Waals surface area contributed by atoms with Crippen LogP contribution in [0.4, 0.5) is 0 Å². The summed E-state index contributed by atoms with van der Waals surface area (Å²) in [4.78, 5) is 0. The van der Waals surface area contributed by atoms with E-state index >= 15 is 0 Å². The zero-order chi connectivity index (χ0) is 6.48. The van der Waals surface area contributed by atoms with Gasteiger partial charge in [-0.2, -0.15) is 0 Å². The van der Waals surface area contributed by atoms with Crippen LogP contribution in [0.15, 0.2) is 0 Å². The number of hydrogen-bond acceptors (Lipinski definition) is 0. The number of halogens is 1. The van der Waals surface area contributed by atoms with Gasteiger partial charge in [0.05, 0.1) is 0 Å². The van der Waals surface area contributed by atoms with Gasteiger partial charge in [-0.25, -0.2) is 0 Å². The molecule has 0 heterocycles. The van der Waals surface area contributed by atoms with Gasteiger partial charge in [-0.1, -0.05) is 6.92 Å². The van der Waals surface area contributed by atoms with Gasteiger partial charge in [-0.3, -0.25) is 0 Å². The third-order valence-electron chi connectivity index (χ3n) is 3.18. The minimum Gasteiger partial charge on any atom is -0.122 e. The maximum absolute atomic E-state index is 6.15. The van der Waals surface area contributed by atoms with Gasteiger partial charge >= 0.3 is 0 Å². The van der Waals surface area contributed by atoms with E-state index < -0.39 is 0 Å². The quantitative estimate of drug-likeness (QED) is 0.459. The predicted octanol–water partition coefficient (Wildman–Crippen LogP) is 2.80. The lowest BCUT2D eigenvalue weighted by Crippen LogP contribution is -2.21. The van der Waals surface area contributed by atoms with Crippen molar-refractivity contribution in [3.63, 3.8) is 0 Å². The first-order valence-electron chi connectivity index (χ1n) is 3.85. The molecule has 0 saturated heterocycles. The summed E-state index contributed by atoms with van der Waals surface area (Å²) in [6, 6.07) is 0. The smallest absolute Gasteiger partial charge is 0.0392 e. The molecule has 0 unspecified atom stereocenters. The molecule has 0 aliphatic heterocycles. The van der Waals surface area contributed by atoms with E-state index in [0.29, 0.717) is 10.8 Å². The van der Waals surface area contributed by atoms with Crippen LogP contribution < -0.4 is 0 Å². The maximum atomic E-state index is 6.15. The lowest BCUT2D eigenvalue weighted by atomic mass is 9.86. The van der Waals surface area contributed by atoms with Crippen LogP contribution in [0, 0.1) is 11.3 Å². The highest BCUT2D eigenvalue weighted by Gasteiger charge is 2.47. The number of fused-ring (bicyclic) bond motifs is 2. The van der Waals surface area contributed by atoms with Gasteiger partial charge in [-0.15, -0.1) is 11.6 Å². The second-order valence-electron chi connectivity index (χ2n) is 3.97. The number of alkyl halides is 1. The Morgan fingerprint density at radius 3 is 2.56 bits per heavy atom. The summed E-state index contributed by atoms with van der Waals surface area (Å²) in [5.41, 5.74) is 0.534. The molecule has 3 atom stereocenters. The largest absolute Gasteiger partial charge is 0.122 e. The second-order valence-corrected chi connectivity index (χ2v) is 4.49. The van der Waals surface area contributed by atoms with Crippen molar-refractivity contribution in [3.05, 3.63) is 0 Å². The summed E-state index contributed by atoms with van der Waals surface area (Å²) in [6.07, 6.45) is 5.52. The molecule has 1 heteroatoms. The van der Waals surface area contributed by atoms with Crippen molar-refractivity contribution in [1.29, 1.82) is 0 Å². The summed E-state index contributed by atoms with van der Waals surface area (Å²) >= 11 is 6.15. The van der Waals surface area contributed by atoms with Gasteiger partial charge in [0.1, 0.15) is 0 Å². The van der Waals surface area contributed by atoms with Crippen LogP contribution in [0.3, 0.4) is 0 Å². The zero-order valence-electron chi connectivity index (χ0n) is 5.86. The zero-order valence-corrected chi connectivity index (χ0v) is 6.62. The van der Waals surface area contributed by atoms with Crippen molar-refractivity contribution in [2.45, 2.75) is 38.0 Å². The van der Waals surface area contributed by atoms with Crippen molar-refractivity contribution < 1.29 is 0 Å². The molecule has 2 bridgehead atoms. The molecule has 9 heavy (non-hydrogen) atoms. The lowest BCUT2D eigenvalue weighted by molar-refractivity contribution is 0.340. The Kier molecular flexibility index (Phi) is 1.11. The van der Waals surface area contributed by atoms with Crippen molar-refractivity contribution >= 4 is 11.6 Å². The van der Waals surface area contributed by atoms with Crippen LogP contribution in [0.2, 0.25) is 0 Å². The van der Waals surface area contributed by atoms with Crippen molar-refractivity contribution in [2.75, 3.05) is 0 Å². The number of rotatable bonds is 0. The van der Waals surface area contributed by atoms with E-state index in [-0.39, 0.29) is 0 Å². The fraction of sp³-hybridized carbons (Fsp3) is 1.00. The summed E-state index contributed by atoms with van der Waals surface area (Å²) < 4.78 is 0. The average Bonchev–Trinajstić information content (AvgIpc) is 2.22. The maximum Gasteiger partial charge on any atom is 0.0392 e. The Bertz CT molecular complexity index is 133. The Morgan fingerprint density at radius 2 is 2.33 bits per heavy atom. The topological polar surface area (TPSA) is 0 Å². The van der Waals surface area contributed by atoms with Crippen LogP contribution in [-0.4, -0.2) is 5.38 Å². The third-order valence-corrected chi connectivity index (χ3v) is 3.88. The molecule has 2 fully saturated rings. The van der Waals surface area contributed by atoms with Crippen LogP contribution in [0.5, 0.6) is 0 Å². The van der Waals surface area contributed by atoms with E-state index in [1.165, 1.54) is 25.7 Å². The van der Waals surface area contributed by atoms with E-state index in [9.17, 15) is 0 Å². The molecule has 0 radical (unpaired) electrons. The molecule has 0 spiro atoms. The normalized spacial score (nSPS) is 56.7. The molecule has 2 aliphatic carbocycles. The summed E-state index contributed by atoms with van der Waals surface area (Å²) in [7, 11) is 0. The minimum atomic E-state index is 0.497. The summed E-state index contributed by atoms with van der Waals surface area (Å²) in [5, 5.41) is 0.497. The van der Waals surface area contributed by atoms with Crippen molar-refractivity contribution in [3.8, 4) is 0 Å². The SMILES string of the molecule is C[C@]12CC[C@@H](C[C@@H]1Cl)C2. The predicted molar refractivity (Wildman–Crippen MR) is 39.7 cm³/mol. The molecule has 0 N–H and O–H groups in total. The fourth-order valence-corrected chi connectivity index (χ4v) is 2.91. The molecule has 0 aromatic rings. The monoisotopic (exact) mass is 144 g/mol. The molecule has 2 aliphatic rings. The molecule has 0 aromatic carbocycles. The lowest BCUT2D eigenvalue weighted by Gasteiger charge is -2.25. The standard InChI is InChI=1S/C8H13Cl/c1-8-3-2-6(5-8)4-7(8)9/h6-7H,2-5H2,1H3/t6-,7-,8+/m0/s1. The molecule has 52 valence electrons. The van der Waals surface area contributed by atoms with Gasteiger partial charge in [0, 0.05) is 5.38 Å². The highest BCUT2D eigenvalue weighted by molar-refractivity contribution is 6.21. The highest BCUT2D eigenvalue weighted by Crippen LogP contribution is 2.55.